The fourth-order valence-corrected chi connectivity index (χ4v) is 1.44. The maximum atomic E-state index is 12.5. The molecule has 100 valence electrons. The third kappa shape index (κ3) is 4.03. The molecular formula is C12H14F3NO2. The van der Waals surface area contributed by atoms with Gasteiger partial charge in [-0.05, 0) is 25.1 Å². The summed E-state index contributed by atoms with van der Waals surface area (Å²) in [4.78, 5) is 11.7. The van der Waals surface area contributed by atoms with E-state index in [-0.39, 0.29) is 11.6 Å². The minimum Gasteiger partial charge on any atom is -0.383 e. The van der Waals surface area contributed by atoms with Crippen LogP contribution in [0.15, 0.2) is 24.3 Å². The van der Waals surface area contributed by atoms with Gasteiger partial charge in [-0.25, -0.2) is 0 Å². The van der Waals surface area contributed by atoms with Crippen LogP contribution in [-0.2, 0) is 10.9 Å². The van der Waals surface area contributed by atoms with Crippen LogP contribution in [0, 0.1) is 0 Å². The van der Waals surface area contributed by atoms with Gasteiger partial charge in [-0.2, -0.15) is 13.2 Å². The van der Waals surface area contributed by atoms with Gasteiger partial charge in [0.1, 0.15) is 0 Å². The Morgan fingerprint density at radius 3 is 2.67 bits per heavy atom. The summed E-state index contributed by atoms with van der Waals surface area (Å²) in [7, 11) is 1.48. The summed E-state index contributed by atoms with van der Waals surface area (Å²) < 4.78 is 42.2. The molecule has 0 bridgehead atoms. The van der Waals surface area contributed by atoms with Crippen LogP contribution in [0.3, 0.4) is 0 Å². The van der Waals surface area contributed by atoms with Crippen molar-refractivity contribution in [2.24, 2.45) is 0 Å². The number of halogens is 3. The highest BCUT2D eigenvalue weighted by molar-refractivity contribution is 5.94. The molecule has 3 nitrogen and oxygen atoms in total. The summed E-state index contributed by atoms with van der Waals surface area (Å²) >= 11 is 0. The van der Waals surface area contributed by atoms with Crippen LogP contribution in [0.4, 0.5) is 13.2 Å². The Labute approximate surface area is 103 Å². The predicted molar refractivity (Wildman–Crippen MR) is 60.2 cm³/mol. The van der Waals surface area contributed by atoms with Crippen molar-refractivity contribution in [2.45, 2.75) is 19.1 Å². The normalized spacial score (nSPS) is 13.2. The lowest BCUT2D eigenvalue weighted by Crippen LogP contribution is -2.35. The van der Waals surface area contributed by atoms with Crippen LogP contribution < -0.4 is 5.32 Å². The number of nitrogens with one attached hydrogen (secondary N) is 1. The number of benzene rings is 1. The Morgan fingerprint density at radius 2 is 2.11 bits per heavy atom. The molecule has 1 unspecified atom stereocenters. The predicted octanol–water partition coefficient (Wildman–Crippen LogP) is 2.47. The van der Waals surface area contributed by atoms with E-state index < -0.39 is 17.6 Å². The molecule has 0 aliphatic heterocycles. The topological polar surface area (TPSA) is 38.3 Å². The van der Waals surface area contributed by atoms with E-state index >= 15 is 0 Å². The first-order chi connectivity index (χ1) is 8.34. The van der Waals surface area contributed by atoms with E-state index in [1.54, 1.807) is 6.92 Å². The van der Waals surface area contributed by atoms with Gasteiger partial charge in [-0.1, -0.05) is 6.07 Å². The molecule has 0 radical (unpaired) electrons. The first-order valence-electron chi connectivity index (χ1n) is 5.31. The fourth-order valence-electron chi connectivity index (χ4n) is 1.44. The Kier molecular flexibility index (Phi) is 4.72. The van der Waals surface area contributed by atoms with E-state index in [0.29, 0.717) is 6.61 Å². The van der Waals surface area contributed by atoms with Gasteiger partial charge in [0.05, 0.1) is 12.2 Å². The molecule has 1 rings (SSSR count). The number of hydrogen-bond donors (Lipinski definition) is 1. The van der Waals surface area contributed by atoms with Crippen LogP contribution >= 0.6 is 0 Å². The number of alkyl halides is 3. The van der Waals surface area contributed by atoms with Gasteiger partial charge < -0.3 is 10.1 Å². The molecule has 1 aromatic rings. The van der Waals surface area contributed by atoms with E-state index in [4.69, 9.17) is 4.74 Å². The van der Waals surface area contributed by atoms with E-state index in [1.165, 1.54) is 19.2 Å². The molecule has 0 heterocycles. The van der Waals surface area contributed by atoms with Crippen LogP contribution in [-0.4, -0.2) is 25.7 Å². The molecule has 0 aromatic heterocycles. The number of methoxy groups -OCH3 is 1. The Hall–Kier alpha value is -1.56. The van der Waals surface area contributed by atoms with Crippen molar-refractivity contribution in [1.82, 2.24) is 5.32 Å². The molecule has 1 amide bonds. The largest absolute Gasteiger partial charge is 0.416 e. The van der Waals surface area contributed by atoms with Crippen molar-refractivity contribution in [2.75, 3.05) is 13.7 Å². The van der Waals surface area contributed by atoms with E-state index in [2.05, 4.69) is 5.32 Å². The average molecular weight is 261 g/mol. The number of ether oxygens (including phenoxy) is 1. The molecule has 1 N–H and O–H groups in total. The van der Waals surface area contributed by atoms with E-state index in [1.807, 2.05) is 0 Å². The summed E-state index contributed by atoms with van der Waals surface area (Å²) in [5.41, 5.74) is -0.859. The lowest BCUT2D eigenvalue weighted by molar-refractivity contribution is -0.137. The number of hydrogen-bond acceptors (Lipinski definition) is 2. The van der Waals surface area contributed by atoms with Crippen molar-refractivity contribution in [3.63, 3.8) is 0 Å². The smallest absolute Gasteiger partial charge is 0.383 e. The number of carbonyl (C=O) groups excluding carboxylic acids is 1. The highest BCUT2D eigenvalue weighted by atomic mass is 19.4. The van der Waals surface area contributed by atoms with Gasteiger partial charge in [0.2, 0.25) is 0 Å². The minimum absolute atomic E-state index is 0.0206. The standard InChI is InChI=1S/C12H14F3NO2/c1-8(7-18-2)16-11(17)9-4-3-5-10(6-9)12(13,14)15/h3-6,8H,7H2,1-2H3,(H,16,17). The third-order valence-electron chi connectivity index (χ3n) is 2.25. The lowest BCUT2D eigenvalue weighted by atomic mass is 10.1. The molecule has 0 saturated carbocycles. The van der Waals surface area contributed by atoms with Crippen LogP contribution in [0.1, 0.15) is 22.8 Å². The molecule has 18 heavy (non-hydrogen) atoms. The van der Waals surface area contributed by atoms with Crippen LogP contribution in [0.5, 0.6) is 0 Å². The second kappa shape index (κ2) is 5.86. The van der Waals surface area contributed by atoms with Gasteiger partial charge in [-0.15, -0.1) is 0 Å². The second-order valence-electron chi connectivity index (χ2n) is 3.91. The zero-order valence-corrected chi connectivity index (χ0v) is 10.0. The van der Waals surface area contributed by atoms with E-state index in [9.17, 15) is 18.0 Å². The minimum atomic E-state index is -4.45. The second-order valence-corrected chi connectivity index (χ2v) is 3.91. The maximum absolute atomic E-state index is 12.5. The van der Waals surface area contributed by atoms with Crippen molar-refractivity contribution in [3.8, 4) is 0 Å². The zero-order chi connectivity index (χ0) is 13.8. The first kappa shape index (κ1) is 14.5. The molecule has 6 heteroatoms. The molecule has 0 aliphatic rings. The van der Waals surface area contributed by atoms with Gasteiger partial charge >= 0.3 is 6.18 Å². The molecule has 1 aromatic carbocycles. The van der Waals surface area contributed by atoms with Crippen molar-refractivity contribution >= 4 is 5.91 Å². The van der Waals surface area contributed by atoms with Crippen molar-refractivity contribution < 1.29 is 22.7 Å². The van der Waals surface area contributed by atoms with Crippen LogP contribution in [0.2, 0.25) is 0 Å². The molecule has 1 atom stereocenters. The van der Waals surface area contributed by atoms with Gasteiger partial charge in [0.25, 0.3) is 5.91 Å². The summed E-state index contributed by atoms with van der Waals surface area (Å²) in [5, 5.41) is 2.54. The van der Waals surface area contributed by atoms with Gasteiger partial charge in [-0.3, -0.25) is 4.79 Å². The third-order valence-corrected chi connectivity index (χ3v) is 2.25. The molecule has 0 spiro atoms. The highest BCUT2D eigenvalue weighted by Crippen LogP contribution is 2.29. The number of amides is 1. The maximum Gasteiger partial charge on any atom is 0.416 e. The quantitative estimate of drug-likeness (QED) is 0.904. The first-order valence-corrected chi connectivity index (χ1v) is 5.31. The summed E-state index contributed by atoms with van der Waals surface area (Å²) in [5.74, 6) is -0.550. The SMILES string of the molecule is COCC(C)NC(=O)c1cccc(C(F)(F)F)c1. The molecule has 0 saturated heterocycles. The summed E-state index contributed by atoms with van der Waals surface area (Å²) in [6.07, 6.45) is -4.45. The summed E-state index contributed by atoms with van der Waals surface area (Å²) in [6.45, 7) is 2.00. The average Bonchev–Trinajstić information content (AvgIpc) is 2.28. The Morgan fingerprint density at radius 1 is 1.44 bits per heavy atom. The molecule has 0 fully saturated rings. The van der Waals surface area contributed by atoms with Gasteiger partial charge in [0.15, 0.2) is 0 Å². The highest BCUT2D eigenvalue weighted by Gasteiger charge is 2.30. The molecule has 0 aliphatic carbocycles. The molecular weight excluding hydrogens is 247 g/mol. The van der Waals surface area contributed by atoms with Gasteiger partial charge in [0, 0.05) is 18.7 Å². The Bertz CT molecular complexity index is 418. The number of carbonyl (C=O) groups is 1. The van der Waals surface area contributed by atoms with Crippen LogP contribution in [0.25, 0.3) is 0 Å². The fraction of sp³-hybridized carbons (Fsp3) is 0.417. The summed E-state index contributed by atoms with van der Waals surface area (Å²) in [6, 6.07) is 4.03. The van der Waals surface area contributed by atoms with Crippen molar-refractivity contribution in [1.29, 1.82) is 0 Å². The number of rotatable bonds is 4. The zero-order valence-electron chi connectivity index (χ0n) is 10.0. The Balaban J connectivity index is 2.81. The lowest BCUT2D eigenvalue weighted by Gasteiger charge is -2.13. The van der Waals surface area contributed by atoms with E-state index in [0.717, 1.165) is 12.1 Å². The van der Waals surface area contributed by atoms with Crippen molar-refractivity contribution in [3.05, 3.63) is 35.4 Å². The monoisotopic (exact) mass is 261 g/mol.